The molecule has 0 amide bonds. The molecule has 2 aliphatic rings. The van der Waals surface area contributed by atoms with Crippen LogP contribution < -0.4 is 0 Å². The summed E-state index contributed by atoms with van der Waals surface area (Å²) in [6, 6.07) is 1.87. The Kier molecular flexibility index (Phi) is 4.05. The Morgan fingerprint density at radius 1 is 1.33 bits per heavy atom. The van der Waals surface area contributed by atoms with Gasteiger partial charge < -0.3 is 4.98 Å². The van der Waals surface area contributed by atoms with Crippen molar-refractivity contribution in [3.8, 4) is 0 Å². The average molecular weight is 291 g/mol. The van der Waals surface area contributed by atoms with Crippen LogP contribution in [0.5, 0.6) is 0 Å². The number of carbonyl (C=O) groups excluding carboxylic acids is 1. The molecule has 0 radical (unpaired) electrons. The van der Waals surface area contributed by atoms with E-state index in [1.807, 2.05) is 0 Å². The van der Waals surface area contributed by atoms with E-state index in [1.54, 1.807) is 0 Å². The van der Waals surface area contributed by atoms with Gasteiger partial charge in [-0.1, -0.05) is 12.8 Å². The number of ketones is 1. The first-order chi connectivity index (χ1) is 10.1. The van der Waals surface area contributed by atoms with Crippen molar-refractivity contribution in [2.75, 3.05) is 13.1 Å². The molecule has 6 heteroatoms. The normalized spacial score (nSPS) is 23.7. The van der Waals surface area contributed by atoms with Gasteiger partial charge in [-0.25, -0.2) is 0 Å². The topological polar surface area (TPSA) is 79.2 Å². The average Bonchev–Trinajstić information content (AvgIpc) is 3.19. The van der Waals surface area contributed by atoms with Crippen LogP contribution in [0.3, 0.4) is 0 Å². The third kappa shape index (κ3) is 3.00. The number of carbonyl (C=O) groups is 1. The van der Waals surface area contributed by atoms with E-state index < -0.39 is 4.92 Å². The molecule has 1 saturated carbocycles. The Hall–Kier alpha value is -1.69. The third-order valence-corrected chi connectivity index (χ3v) is 4.88. The third-order valence-electron chi connectivity index (χ3n) is 4.88. The van der Waals surface area contributed by atoms with Crippen molar-refractivity contribution < 1.29 is 9.72 Å². The van der Waals surface area contributed by atoms with Crippen molar-refractivity contribution in [2.45, 2.75) is 44.6 Å². The van der Waals surface area contributed by atoms with E-state index in [1.165, 1.54) is 44.4 Å². The molecular weight excluding hydrogens is 270 g/mol. The van der Waals surface area contributed by atoms with Gasteiger partial charge in [-0.3, -0.25) is 19.8 Å². The highest BCUT2D eigenvalue weighted by molar-refractivity contribution is 5.96. The van der Waals surface area contributed by atoms with E-state index >= 15 is 0 Å². The molecule has 1 N–H and O–H groups in total. The fraction of sp³-hybridized carbons (Fsp3) is 0.667. The maximum absolute atomic E-state index is 12.3. The van der Waals surface area contributed by atoms with Crippen LogP contribution in [-0.2, 0) is 0 Å². The van der Waals surface area contributed by atoms with Gasteiger partial charge in [0, 0.05) is 12.1 Å². The molecule has 2 heterocycles. The van der Waals surface area contributed by atoms with Gasteiger partial charge in [0.2, 0.25) is 0 Å². The summed E-state index contributed by atoms with van der Waals surface area (Å²) in [4.78, 5) is 27.5. The van der Waals surface area contributed by atoms with Crippen LogP contribution in [0.25, 0.3) is 0 Å². The number of aromatic nitrogens is 1. The summed E-state index contributed by atoms with van der Waals surface area (Å²) in [5.41, 5.74) is 0.297. The molecule has 0 spiro atoms. The molecular formula is C15H21N3O3. The van der Waals surface area contributed by atoms with Gasteiger partial charge in [0.25, 0.3) is 5.69 Å². The molecule has 1 aromatic rings. The molecule has 1 unspecified atom stereocenters. The zero-order valence-electron chi connectivity index (χ0n) is 12.1. The second kappa shape index (κ2) is 5.97. The highest BCUT2D eigenvalue weighted by Gasteiger charge is 2.34. The Balaban J connectivity index is 1.64. The van der Waals surface area contributed by atoms with E-state index in [-0.39, 0.29) is 11.5 Å². The number of nitrogens with one attached hydrogen (secondary N) is 1. The number of aromatic amines is 1. The summed E-state index contributed by atoms with van der Waals surface area (Å²) < 4.78 is 0. The van der Waals surface area contributed by atoms with E-state index in [4.69, 9.17) is 0 Å². The quantitative estimate of drug-likeness (QED) is 0.514. The highest BCUT2D eigenvalue weighted by Crippen LogP contribution is 2.35. The zero-order chi connectivity index (χ0) is 14.8. The number of H-pyrrole nitrogens is 1. The van der Waals surface area contributed by atoms with Crippen molar-refractivity contribution in [1.29, 1.82) is 0 Å². The van der Waals surface area contributed by atoms with Crippen molar-refractivity contribution in [2.24, 2.45) is 5.92 Å². The summed E-state index contributed by atoms with van der Waals surface area (Å²) in [5, 5.41) is 10.7. The lowest BCUT2D eigenvalue weighted by molar-refractivity contribution is -0.384. The van der Waals surface area contributed by atoms with Gasteiger partial charge in [0.1, 0.15) is 0 Å². The van der Waals surface area contributed by atoms with Gasteiger partial charge in [-0.05, 0) is 38.1 Å². The summed E-state index contributed by atoms with van der Waals surface area (Å²) in [5.74, 6) is 0.686. The molecule has 1 aliphatic carbocycles. The van der Waals surface area contributed by atoms with Gasteiger partial charge in [-0.15, -0.1) is 0 Å². The van der Waals surface area contributed by atoms with Crippen LogP contribution in [0.15, 0.2) is 12.3 Å². The highest BCUT2D eigenvalue weighted by atomic mass is 16.6. The van der Waals surface area contributed by atoms with Gasteiger partial charge in [0.05, 0.1) is 23.4 Å². The predicted octanol–water partition coefficient (Wildman–Crippen LogP) is 2.76. The van der Waals surface area contributed by atoms with E-state index in [0.29, 0.717) is 18.3 Å². The number of likely N-dealkylation sites (tertiary alicyclic amines) is 1. The number of Topliss-reactive ketones (excluding diaryl/α,β-unsaturated/α-hetero) is 1. The molecule has 1 aromatic heterocycles. The van der Waals surface area contributed by atoms with Crippen LogP contribution in [0.1, 0.15) is 49.0 Å². The SMILES string of the molecule is O=C(CN1CCCC1C1CCCC1)c1cc([N+](=O)[O-])c[nH]1. The number of hydrogen-bond donors (Lipinski definition) is 1. The molecule has 6 nitrogen and oxygen atoms in total. The second-order valence-electron chi connectivity index (χ2n) is 6.18. The van der Waals surface area contributed by atoms with Crippen LogP contribution in [0, 0.1) is 16.0 Å². The number of nitro groups is 1. The van der Waals surface area contributed by atoms with Crippen LogP contribution in [0.2, 0.25) is 0 Å². The maximum Gasteiger partial charge on any atom is 0.287 e. The molecule has 1 saturated heterocycles. The van der Waals surface area contributed by atoms with Crippen LogP contribution >= 0.6 is 0 Å². The molecule has 114 valence electrons. The van der Waals surface area contributed by atoms with Gasteiger partial charge >= 0.3 is 0 Å². The number of rotatable bonds is 5. The summed E-state index contributed by atoms with van der Waals surface area (Å²) in [6.07, 6.45) is 8.80. The van der Waals surface area contributed by atoms with Crippen molar-refractivity contribution in [1.82, 2.24) is 9.88 Å². The fourth-order valence-electron chi connectivity index (χ4n) is 3.84. The molecule has 21 heavy (non-hydrogen) atoms. The van der Waals surface area contributed by atoms with Crippen molar-refractivity contribution in [3.63, 3.8) is 0 Å². The summed E-state index contributed by atoms with van der Waals surface area (Å²) in [6.45, 7) is 1.34. The number of nitrogens with zero attached hydrogens (tertiary/aromatic N) is 2. The largest absolute Gasteiger partial charge is 0.353 e. The molecule has 1 aliphatic heterocycles. The minimum absolute atomic E-state index is 0.0482. The monoisotopic (exact) mass is 291 g/mol. The lowest BCUT2D eigenvalue weighted by atomic mass is 9.96. The van der Waals surface area contributed by atoms with Crippen molar-refractivity contribution in [3.05, 3.63) is 28.1 Å². The van der Waals surface area contributed by atoms with Crippen LogP contribution in [-0.4, -0.2) is 39.7 Å². The smallest absolute Gasteiger partial charge is 0.287 e. The maximum atomic E-state index is 12.3. The molecule has 2 fully saturated rings. The van der Waals surface area contributed by atoms with E-state index in [9.17, 15) is 14.9 Å². The van der Waals surface area contributed by atoms with Gasteiger partial charge in [-0.2, -0.15) is 0 Å². The second-order valence-corrected chi connectivity index (χ2v) is 6.18. The summed E-state index contributed by atoms with van der Waals surface area (Å²) >= 11 is 0. The Morgan fingerprint density at radius 3 is 2.76 bits per heavy atom. The first kappa shape index (κ1) is 14.3. The predicted molar refractivity (Wildman–Crippen MR) is 78.3 cm³/mol. The Labute approximate surface area is 123 Å². The van der Waals surface area contributed by atoms with Gasteiger partial charge in [0.15, 0.2) is 5.78 Å². The minimum atomic E-state index is -0.482. The Morgan fingerprint density at radius 2 is 2.10 bits per heavy atom. The lowest BCUT2D eigenvalue weighted by Crippen LogP contribution is -2.38. The summed E-state index contributed by atoms with van der Waals surface area (Å²) in [7, 11) is 0. The standard InChI is InChI=1S/C15H21N3O3/c19-15(13-8-12(9-16-13)18(20)21)10-17-7-3-6-14(17)11-4-1-2-5-11/h8-9,11,14,16H,1-7,10H2. The molecule has 1 atom stereocenters. The fourth-order valence-corrected chi connectivity index (χ4v) is 3.84. The van der Waals surface area contributed by atoms with E-state index in [0.717, 1.165) is 18.9 Å². The van der Waals surface area contributed by atoms with E-state index in [2.05, 4.69) is 9.88 Å². The Bertz CT molecular complexity index is 534. The minimum Gasteiger partial charge on any atom is -0.353 e. The van der Waals surface area contributed by atoms with Crippen molar-refractivity contribution >= 4 is 11.5 Å². The number of hydrogen-bond acceptors (Lipinski definition) is 4. The lowest BCUT2D eigenvalue weighted by Gasteiger charge is -2.28. The first-order valence-corrected chi connectivity index (χ1v) is 7.75. The molecule has 0 bridgehead atoms. The molecule has 3 rings (SSSR count). The zero-order valence-corrected chi connectivity index (χ0v) is 12.1. The van der Waals surface area contributed by atoms with Crippen LogP contribution in [0.4, 0.5) is 5.69 Å². The first-order valence-electron chi connectivity index (χ1n) is 7.75. The molecule has 0 aromatic carbocycles.